The van der Waals surface area contributed by atoms with E-state index in [0.29, 0.717) is 14.1 Å². The van der Waals surface area contributed by atoms with Gasteiger partial charge in [-0.15, -0.1) is 0 Å². The van der Waals surface area contributed by atoms with Gasteiger partial charge in [0.1, 0.15) is 11.5 Å². The lowest BCUT2D eigenvalue weighted by molar-refractivity contribution is 0.0519. The monoisotopic (exact) mass is 304 g/mol. The fourth-order valence-corrected chi connectivity index (χ4v) is 3.09. The molecular weight excluding hydrogens is 287 g/mol. The van der Waals surface area contributed by atoms with Gasteiger partial charge in [-0.1, -0.05) is 32.8 Å². The molecule has 2 rings (SSSR count). The van der Waals surface area contributed by atoms with Crippen LogP contribution in [0.1, 0.15) is 10.4 Å². The van der Waals surface area contributed by atoms with E-state index in [2.05, 4.69) is 0 Å². The summed E-state index contributed by atoms with van der Waals surface area (Å²) in [5.74, 6) is 1.49. The lowest BCUT2D eigenvalue weighted by atomic mass is 10.2. The maximum atomic E-state index is 11.1. The highest BCUT2D eigenvalue weighted by atomic mass is 31.1. The molecule has 2 aromatic rings. The SMILES string of the molecule is COCOc1ccc(OC)cc1Pc1ccccc1C=O. The molecule has 0 spiro atoms. The predicted molar refractivity (Wildman–Crippen MR) is 84.9 cm³/mol. The van der Waals surface area contributed by atoms with Crippen molar-refractivity contribution in [3.63, 3.8) is 0 Å². The van der Waals surface area contributed by atoms with E-state index in [1.54, 1.807) is 14.2 Å². The Bertz CT molecular complexity index is 613. The molecule has 0 radical (unpaired) electrons. The summed E-state index contributed by atoms with van der Waals surface area (Å²) in [4.78, 5) is 11.1. The number of carbonyl (C=O) groups is 1. The fourth-order valence-electron chi connectivity index (χ4n) is 1.84. The summed E-state index contributed by atoms with van der Waals surface area (Å²) in [6.45, 7) is 0.180. The van der Waals surface area contributed by atoms with E-state index in [1.807, 2.05) is 42.5 Å². The van der Waals surface area contributed by atoms with Crippen molar-refractivity contribution < 1.29 is 19.0 Å². The van der Waals surface area contributed by atoms with E-state index < -0.39 is 0 Å². The van der Waals surface area contributed by atoms with Crippen LogP contribution < -0.4 is 20.1 Å². The first-order chi connectivity index (χ1) is 10.3. The molecule has 1 unspecified atom stereocenters. The second-order valence-electron chi connectivity index (χ2n) is 4.24. The van der Waals surface area contributed by atoms with E-state index in [1.165, 1.54) is 0 Å². The summed E-state index contributed by atoms with van der Waals surface area (Å²) in [6, 6.07) is 13.1. The molecule has 0 aliphatic heterocycles. The first-order valence-corrected chi connectivity index (χ1v) is 7.39. The standard InChI is InChI=1S/C16H17O4P/c1-18-11-20-14-8-7-13(19-2)9-16(14)21-15-6-4-3-5-12(15)10-17/h3-10,21H,11H2,1-2H3. The van der Waals surface area contributed by atoms with Gasteiger partial charge in [0.25, 0.3) is 0 Å². The van der Waals surface area contributed by atoms with Gasteiger partial charge in [0.05, 0.1) is 7.11 Å². The number of methoxy groups -OCH3 is 2. The Morgan fingerprint density at radius 3 is 2.62 bits per heavy atom. The third-order valence-corrected chi connectivity index (χ3v) is 4.26. The summed E-state index contributed by atoms with van der Waals surface area (Å²) in [5.41, 5.74) is 0.691. The Kier molecular flexibility index (Phi) is 5.73. The minimum atomic E-state index is 0.180. The Labute approximate surface area is 125 Å². The molecular formula is C16H17O4P. The minimum Gasteiger partial charge on any atom is -0.497 e. The molecule has 21 heavy (non-hydrogen) atoms. The average molecular weight is 304 g/mol. The number of benzene rings is 2. The van der Waals surface area contributed by atoms with Gasteiger partial charge in [-0.25, -0.2) is 0 Å². The van der Waals surface area contributed by atoms with Crippen LogP contribution in [-0.2, 0) is 4.74 Å². The first kappa shape index (κ1) is 15.5. The highest BCUT2D eigenvalue weighted by Crippen LogP contribution is 2.24. The largest absolute Gasteiger partial charge is 0.497 e. The van der Waals surface area contributed by atoms with Crippen LogP contribution >= 0.6 is 8.58 Å². The maximum absolute atomic E-state index is 11.1. The van der Waals surface area contributed by atoms with Gasteiger partial charge in [0, 0.05) is 18.0 Å². The molecule has 0 heterocycles. The molecule has 0 fully saturated rings. The van der Waals surface area contributed by atoms with Gasteiger partial charge < -0.3 is 14.2 Å². The van der Waals surface area contributed by atoms with E-state index in [-0.39, 0.29) is 6.79 Å². The molecule has 0 aliphatic rings. The van der Waals surface area contributed by atoms with Crippen LogP contribution in [0.15, 0.2) is 42.5 Å². The summed E-state index contributed by atoms with van der Waals surface area (Å²) >= 11 is 0. The number of rotatable bonds is 7. The smallest absolute Gasteiger partial charge is 0.188 e. The predicted octanol–water partition coefficient (Wildman–Crippen LogP) is 2.12. The lowest BCUT2D eigenvalue weighted by Crippen LogP contribution is -2.12. The van der Waals surface area contributed by atoms with Gasteiger partial charge in [-0.05, 0) is 23.5 Å². The van der Waals surface area contributed by atoms with Crippen LogP contribution in [0.3, 0.4) is 0 Å². The molecule has 4 nitrogen and oxygen atoms in total. The number of hydrogen-bond donors (Lipinski definition) is 0. The Balaban J connectivity index is 2.33. The molecule has 1 atom stereocenters. The molecule has 0 aliphatic carbocycles. The molecule has 5 heteroatoms. The average Bonchev–Trinajstić information content (AvgIpc) is 2.54. The molecule has 0 aromatic heterocycles. The fraction of sp³-hybridized carbons (Fsp3) is 0.188. The summed E-state index contributed by atoms with van der Waals surface area (Å²) in [7, 11) is 3.50. The van der Waals surface area contributed by atoms with Crippen LogP contribution in [0.5, 0.6) is 11.5 Å². The highest BCUT2D eigenvalue weighted by molar-refractivity contribution is 7.56. The maximum Gasteiger partial charge on any atom is 0.188 e. The third kappa shape index (κ3) is 4.03. The zero-order chi connectivity index (χ0) is 15.1. The first-order valence-electron chi connectivity index (χ1n) is 6.39. The second kappa shape index (κ2) is 7.77. The molecule has 0 saturated heterocycles. The topological polar surface area (TPSA) is 44.8 Å². The van der Waals surface area contributed by atoms with Crippen molar-refractivity contribution in [3.8, 4) is 11.5 Å². The van der Waals surface area contributed by atoms with E-state index in [4.69, 9.17) is 14.2 Å². The van der Waals surface area contributed by atoms with Crippen molar-refractivity contribution in [2.75, 3.05) is 21.0 Å². The van der Waals surface area contributed by atoms with E-state index in [9.17, 15) is 4.79 Å². The molecule has 2 aromatic carbocycles. The summed E-state index contributed by atoms with van der Waals surface area (Å²) in [5, 5.41) is 1.95. The highest BCUT2D eigenvalue weighted by Gasteiger charge is 2.09. The van der Waals surface area contributed by atoms with Crippen LogP contribution in [0.4, 0.5) is 0 Å². The van der Waals surface area contributed by atoms with Crippen molar-refractivity contribution in [1.82, 2.24) is 0 Å². The van der Waals surface area contributed by atoms with Crippen LogP contribution in [0, 0.1) is 0 Å². The molecule has 0 N–H and O–H groups in total. The van der Waals surface area contributed by atoms with Crippen molar-refractivity contribution in [2.45, 2.75) is 0 Å². The van der Waals surface area contributed by atoms with Gasteiger partial charge in [-0.3, -0.25) is 4.79 Å². The number of hydrogen-bond acceptors (Lipinski definition) is 4. The molecule has 110 valence electrons. The van der Waals surface area contributed by atoms with Crippen molar-refractivity contribution >= 4 is 25.5 Å². The van der Waals surface area contributed by atoms with Crippen molar-refractivity contribution in [3.05, 3.63) is 48.0 Å². The lowest BCUT2D eigenvalue weighted by Gasteiger charge is -2.13. The Morgan fingerprint density at radius 1 is 1.10 bits per heavy atom. The Hall–Kier alpha value is -1.90. The van der Waals surface area contributed by atoms with Gasteiger partial charge in [0.15, 0.2) is 13.1 Å². The van der Waals surface area contributed by atoms with Gasteiger partial charge in [-0.2, -0.15) is 0 Å². The van der Waals surface area contributed by atoms with Gasteiger partial charge >= 0.3 is 0 Å². The third-order valence-electron chi connectivity index (χ3n) is 2.88. The molecule has 0 bridgehead atoms. The van der Waals surface area contributed by atoms with Crippen LogP contribution in [-0.4, -0.2) is 27.3 Å². The molecule has 0 amide bonds. The molecule has 0 saturated carbocycles. The van der Waals surface area contributed by atoms with Crippen LogP contribution in [0.25, 0.3) is 0 Å². The van der Waals surface area contributed by atoms with E-state index >= 15 is 0 Å². The van der Waals surface area contributed by atoms with Crippen molar-refractivity contribution in [2.24, 2.45) is 0 Å². The zero-order valence-corrected chi connectivity index (χ0v) is 13.0. The summed E-state index contributed by atoms with van der Waals surface area (Å²) in [6.07, 6.45) is 0.873. The van der Waals surface area contributed by atoms with E-state index in [0.717, 1.165) is 28.4 Å². The second-order valence-corrected chi connectivity index (χ2v) is 5.57. The minimum absolute atomic E-state index is 0.180. The van der Waals surface area contributed by atoms with Crippen molar-refractivity contribution in [1.29, 1.82) is 0 Å². The number of aldehydes is 1. The quantitative estimate of drug-likeness (QED) is 0.446. The number of ether oxygens (including phenoxy) is 3. The van der Waals surface area contributed by atoms with Gasteiger partial charge in [0.2, 0.25) is 0 Å². The Morgan fingerprint density at radius 2 is 1.90 bits per heavy atom. The normalized spacial score (nSPS) is 10.8. The zero-order valence-electron chi connectivity index (χ0n) is 12.0. The number of carbonyl (C=O) groups excluding carboxylic acids is 1. The summed E-state index contributed by atoms with van der Waals surface area (Å²) < 4.78 is 15.8. The van der Waals surface area contributed by atoms with Crippen LogP contribution in [0.2, 0.25) is 0 Å².